The van der Waals surface area contributed by atoms with E-state index in [1.54, 1.807) is 13.8 Å². The van der Waals surface area contributed by atoms with Crippen molar-refractivity contribution in [3.63, 3.8) is 0 Å². The molecule has 0 aromatic rings. The Kier molecular flexibility index (Phi) is 5.50. The third-order valence-electron chi connectivity index (χ3n) is 3.50. The fourth-order valence-corrected chi connectivity index (χ4v) is 2.22. The van der Waals surface area contributed by atoms with Gasteiger partial charge >= 0.3 is 5.97 Å². The van der Waals surface area contributed by atoms with Crippen LogP contribution in [0.5, 0.6) is 0 Å². The average Bonchev–Trinajstić information content (AvgIpc) is 2.33. The van der Waals surface area contributed by atoms with Gasteiger partial charge in [-0.2, -0.15) is 0 Å². The molecule has 1 heterocycles. The van der Waals surface area contributed by atoms with Gasteiger partial charge in [-0.15, -0.1) is 0 Å². The van der Waals surface area contributed by atoms with E-state index in [9.17, 15) is 9.59 Å². The van der Waals surface area contributed by atoms with Gasteiger partial charge in [0.1, 0.15) is 12.0 Å². The summed E-state index contributed by atoms with van der Waals surface area (Å²) in [5.41, 5.74) is -1.16. The zero-order chi connectivity index (χ0) is 14.6. The lowest BCUT2D eigenvalue weighted by atomic mass is 9.88. The molecule has 0 amide bonds. The van der Waals surface area contributed by atoms with Crippen LogP contribution in [0.3, 0.4) is 0 Å². The highest BCUT2D eigenvalue weighted by molar-refractivity contribution is 6.03. The monoisotopic (exact) mass is 272 g/mol. The second-order valence-corrected chi connectivity index (χ2v) is 5.70. The number of rotatable bonds is 5. The lowest BCUT2D eigenvalue weighted by molar-refractivity contribution is -0.159. The Balaban J connectivity index is 2.48. The molecule has 0 N–H and O–H groups in total. The number of carbonyl (C=O) groups excluding carboxylic acids is 2. The first kappa shape index (κ1) is 16.1. The Labute approximate surface area is 114 Å². The fraction of sp³-hybridized carbons (Fsp3) is 0.857. The van der Waals surface area contributed by atoms with Crippen molar-refractivity contribution in [2.75, 3.05) is 13.7 Å². The van der Waals surface area contributed by atoms with Crippen molar-refractivity contribution in [3.05, 3.63) is 0 Å². The lowest BCUT2D eigenvalue weighted by Gasteiger charge is -2.32. The summed E-state index contributed by atoms with van der Waals surface area (Å²) in [6.07, 6.45) is 1.83. The molecule has 1 aliphatic heterocycles. The largest absolute Gasteiger partial charge is 0.468 e. The maximum atomic E-state index is 12.0. The molecule has 2 atom stereocenters. The van der Waals surface area contributed by atoms with Gasteiger partial charge < -0.3 is 14.2 Å². The van der Waals surface area contributed by atoms with Crippen LogP contribution in [0.4, 0.5) is 0 Å². The average molecular weight is 272 g/mol. The zero-order valence-electron chi connectivity index (χ0n) is 12.4. The molecule has 0 radical (unpaired) electrons. The summed E-state index contributed by atoms with van der Waals surface area (Å²) in [5.74, 6) is -0.791. The van der Waals surface area contributed by atoms with E-state index in [-0.39, 0.29) is 30.7 Å². The molecule has 0 saturated carbocycles. The first-order valence-electron chi connectivity index (χ1n) is 6.66. The van der Waals surface area contributed by atoms with Gasteiger partial charge in [0, 0.05) is 0 Å². The van der Waals surface area contributed by atoms with Gasteiger partial charge in [0.2, 0.25) is 0 Å². The predicted molar refractivity (Wildman–Crippen MR) is 69.8 cm³/mol. The molecule has 1 fully saturated rings. The van der Waals surface area contributed by atoms with Gasteiger partial charge in [0.25, 0.3) is 0 Å². The molecule has 2 unspecified atom stereocenters. The van der Waals surface area contributed by atoms with Crippen molar-refractivity contribution in [3.8, 4) is 0 Å². The molecule has 0 spiro atoms. The van der Waals surface area contributed by atoms with Crippen molar-refractivity contribution in [2.45, 2.75) is 58.8 Å². The number of hydrogen-bond donors (Lipinski definition) is 0. The summed E-state index contributed by atoms with van der Waals surface area (Å²) in [6, 6.07) is 0. The molecular weight excluding hydrogens is 248 g/mol. The Morgan fingerprint density at radius 1 is 1.21 bits per heavy atom. The maximum absolute atomic E-state index is 12.0. The van der Waals surface area contributed by atoms with Gasteiger partial charge in [-0.1, -0.05) is 0 Å². The topological polar surface area (TPSA) is 61.8 Å². The number of ketones is 1. The molecule has 5 nitrogen and oxygen atoms in total. The number of carbonyl (C=O) groups is 2. The van der Waals surface area contributed by atoms with E-state index in [0.717, 1.165) is 12.8 Å². The minimum atomic E-state index is -1.16. The summed E-state index contributed by atoms with van der Waals surface area (Å²) in [6.45, 7) is 7.03. The van der Waals surface area contributed by atoms with Gasteiger partial charge in [-0.3, -0.25) is 9.59 Å². The fourth-order valence-electron chi connectivity index (χ4n) is 2.22. The van der Waals surface area contributed by atoms with Gasteiger partial charge in [0.15, 0.2) is 5.78 Å². The van der Waals surface area contributed by atoms with E-state index in [2.05, 4.69) is 4.74 Å². The second-order valence-electron chi connectivity index (χ2n) is 5.70. The summed E-state index contributed by atoms with van der Waals surface area (Å²) >= 11 is 0. The summed E-state index contributed by atoms with van der Waals surface area (Å²) in [5, 5.41) is 0. The number of ether oxygens (including phenoxy) is 3. The minimum absolute atomic E-state index is 0.0103. The quantitative estimate of drug-likeness (QED) is 0.563. The summed E-state index contributed by atoms with van der Waals surface area (Å²) in [7, 11) is 1.28. The van der Waals surface area contributed by atoms with Crippen LogP contribution in [0.1, 0.15) is 40.5 Å². The van der Waals surface area contributed by atoms with E-state index < -0.39 is 11.4 Å². The van der Waals surface area contributed by atoms with Crippen LogP contribution >= 0.6 is 0 Å². The second kappa shape index (κ2) is 6.48. The van der Waals surface area contributed by atoms with E-state index >= 15 is 0 Å². The third kappa shape index (κ3) is 4.28. The summed E-state index contributed by atoms with van der Waals surface area (Å²) < 4.78 is 15.9. The molecule has 1 rings (SSSR count). The van der Waals surface area contributed by atoms with Crippen LogP contribution in [-0.2, 0) is 23.8 Å². The highest BCUT2D eigenvalue weighted by atomic mass is 16.5. The zero-order valence-corrected chi connectivity index (χ0v) is 12.4. The van der Waals surface area contributed by atoms with Crippen LogP contribution in [-0.4, -0.2) is 43.8 Å². The third-order valence-corrected chi connectivity index (χ3v) is 3.50. The van der Waals surface area contributed by atoms with Gasteiger partial charge in [0.05, 0.1) is 25.4 Å². The molecular formula is C14H24O5. The summed E-state index contributed by atoms with van der Waals surface area (Å²) in [4.78, 5) is 23.5. The van der Waals surface area contributed by atoms with Crippen LogP contribution in [0.15, 0.2) is 0 Å². The van der Waals surface area contributed by atoms with Crippen molar-refractivity contribution >= 4 is 11.8 Å². The maximum Gasteiger partial charge on any atom is 0.318 e. The van der Waals surface area contributed by atoms with Crippen LogP contribution < -0.4 is 0 Å². The van der Waals surface area contributed by atoms with Crippen molar-refractivity contribution in [1.82, 2.24) is 0 Å². The normalized spacial score (nSPS) is 27.9. The number of hydrogen-bond acceptors (Lipinski definition) is 5. The highest BCUT2D eigenvalue weighted by Gasteiger charge is 2.37. The van der Waals surface area contributed by atoms with E-state index in [0.29, 0.717) is 0 Å². The van der Waals surface area contributed by atoms with Gasteiger partial charge in [-0.25, -0.2) is 0 Å². The molecule has 0 aromatic heterocycles. The van der Waals surface area contributed by atoms with E-state index in [1.165, 1.54) is 7.11 Å². The van der Waals surface area contributed by atoms with Crippen molar-refractivity contribution in [1.29, 1.82) is 0 Å². The SMILES string of the molecule is COC(=O)C(C)(C)C(=O)COC1CC(C)OC(C)C1. The number of methoxy groups -OCH3 is 1. The van der Waals surface area contributed by atoms with Crippen LogP contribution in [0.25, 0.3) is 0 Å². The molecule has 19 heavy (non-hydrogen) atoms. The van der Waals surface area contributed by atoms with Crippen molar-refractivity contribution < 1.29 is 23.8 Å². The molecule has 5 heteroatoms. The van der Waals surface area contributed by atoms with Crippen LogP contribution in [0.2, 0.25) is 0 Å². The molecule has 0 aromatic carbocycles. The molecule has 110 valence electrons. The first-order chi connectivity index (χ1) is 8.77. The molecule has 0 aliphatic carbocycles. The Morgan fingerprint density at radius 2 is 1.74 bits per heavy atom. The predicted octanol–water partition coefficient (Wildman–Crippen LogP) is 1.73. The van der Waals surface area contributed by atoms with Crippen LogP contribution in [0, 0.1) is 5.41 Å². The smallest absolute Gasteiger partial charge is 0.318 e. The van der Waals surface area contributed by atoms with Gasteiger partial charge in [-0.05, 0) is 40.5 Å². The Hall–Kier alpha value is -0.940. The first-order valence-corrected chi connectivity index (χ1v) is 6.66. The molecule has 0 bridgehead atoms. The van der Waals surface area contributed by atoms with E-state index in [4.69, 9.17) is 9.47 Å². The number of esters is 1. The Bertz CT molecular complexity index is 327. The molecule has 1 aliphatic rings. The Morgan fingerprint density at radius 3 is 2.21 bits per heavy atom. The lowest BCUT2D eigenvalue weighted by Crippen LogP contribution is -2.40. The minimum Gasteiger partial charge on any atom is -0.468 e. The molecule has 1 saturated heterocycles. The highest BCUT2D eigenvalue weighted by Crippen LogP contribution is 2.23. The number of Topliss-reactive ketones (excluding diaryl/α,β-unsaturated/α-hetero) is 1. The standard InChI is InChI=1S/C14H24O5/c1-9-6-11(7-10(2)19-9)18-8-12(15)14(3,4)13(16)17-5/h9-11H,6-8H2,1-5H3. The van der Waals surface area contributed by atoms with E-state index in [1.807, 2.05) is 13.8 Å². The van der Waals surface area contributed by atoms with Crippen molar-refractivity contribution in [2.24, 2.45) is 5.41 Å².